The fourth-order valence-electron chi connectivity index (χ4n) is 1.93. The third kappa shape index (κ3) is 2.84. The number of hydrazine groups is 1. The van der Waals surface area contributed by atoms with Gasteiger partial charge in [-0.15, -0.1) is 0 Å². The fraction of sp³-hybridized carbons (Fsp3) is 0.455. The SMILES string of the molecule is Cc1ccn(CC(=O)N2NC(=C(F)F)CC2(O)C(F)F)n1. The van der Waals surface area contributed by atoms with E-state index >= 15 is 0 Å². The number of amides is 1. The van der Waals surface area contributed by atoms with Crippen LogP contribution in [-0.2, 0) is 11.3 Å². The van der Waals surface area contributed by atoms with Crippen LogP contribution in [0.25, 0.3) is 0 Å². The van der Waals surface area contributed by atoms with Crippen molar-refractivity contribution in [2.24, 2.45) is 0 Å². The van der Waals surface area contributed by atoms with Crippen molar-refractivity contribution >= 4 is 5.91 Å². The monoisotopic (exact) mass is 308 g/mol. The summed E-state index contributed by atoms with van der Waals surface area (Å²) in [6.07, 6.45) is -5.32. The first-order valence-corrected chi connectivity index (χ1v) is 5.88. The van der Waals surface area contributed by atoms with Crippen molar-refractivity contribution in [1.29, 1.82) is 0 Å². The average molecular weight is 308 g/mol. The number of nitrogens with zero attached hydrogens (tertiary/aromatic N) is 3. The van der Waals surface area contributed by atoms with E-state index in [1.807, 2.05) is 5.43 Å². The Balaban J connectivity index is 2.23. The molecule has 1 aromatic rings. The summed E-state index contributed by atoms with van der Waals surface area (Å²) in [7, 11) is 0. The zero-order valence-electron chi connectivity index (χ0n) is 10.9. The summed E-state index contributed by atoms with van der Waals surface area (Å²) in [5, 5.41) is 13.8. The zero-order chi connectivity index (χ0) is 15.8. The summed E-state index contributed by atoms with van der Waals surface area (Å²) >= 11 is 0. The van der Waals surface area contributed by atoms with E-state index in [1.54, 1.807) is 13.0 Å². The molecule has 1 aliphatic heterocycles. The molecule has 1 aromatic heterocycles. The molecule has 0 aliphatic carbocycles. The van der Waals surface area contributed by atoms with Crippen LogP contribution in [0.2, 0.25) is 0 Å². The van der Waals surface area contributed by atoms with E-state index in [0.717, 1.165) is 4.68 Å². The van der Waals surface area contributed by atoms with Gasteiger partial charge < -0.3 is 5.11 Å². The van der Waals surface area contributed by atoms with E-state index in [9.17, 15) is 27.5 Å². The number of hydrogen-bond acceptors (Lipinski definition) is 4. The number of hydrogen-bond donors (Lipinski definition) is 2. The number of aliphatic hydroxyl groups is 1. The number of carbonyl (C=O) groups is 1. The van der Waals surface area contributed by atoms with Crippen LogP contribution in [0.1, 0.15) is 12.1 Å². The summed E-state index contributed by atoms with van der Waals surface area (Å²) in [6, 6.07) is 1.58. The Kier molecular flexibility index (Phi) is 3.90. The highest BCUT2D eigenvalue weighted by atomic mass is 19.3. The Hall–Kier alpha value is -2.10. The molecule has 0 spiro atoms. The molecule has 2 heterocycles. The minimum Gasteiger partial charge on any atom is -0.364 e. The molecule has 2 N–H and O–H groups in total. The van der Waals surface area contributed by atoms with Gasteiger partial charge in [0.25, 0.3) is 18.4 Å². The highest BCUT2D eigenvalue weighted by molar-refractivity contribution is 5.77. The quantitative estimate of drug-likeness (QED) is 0.817. The van der Waals surface area contributed by atoms with E-state index in [2.05, 4.69) is 5.10 Å². The second-order valence-electron chi connectivity index (χ2n) is 4.59. The zero-order valence-corrected chi connectivity index (χ0v) is 10.9. The molecular formula is C11H12F4N4O2. The van der Waals surface area contributed by atoms with Gasteiger partial charge in [-0.2, -0.15) is 13.9 Å². The van der Waals surface area contributed by atoms with Gasteiger partial charge in [-0.3, -0.25) is 14.9 Å². The predicted molar refractivity (Wildman–Crippen MR) is 61.8 cm³/mol. The normalized spacial score (nSPS) is 21.9. The van der Waals surface area contributed by atoms with Crippen LogP contribution in [0.3, 0.4) is 0 Å². The molecule has 116 valence electrons. The number of carbonyl (C=O) groups excluding carboxylic acids is 1. The second-order valence-corrected chi connectivity index (χ2v) is 4.59. The first-order chi connectivity index (χ1) is 9.74. The first kappa shape index (κ1) is 15.3. The second kappa shape index (κ2) is 5.35. The van der Waals surface area contributed by atoms with E-state index in [0.29, 0.717) is 5.69 Å². The standard InChI is InChI=1S/C11H12F4N4O2/c1-6-2-3-18(16-6)5-8(20)19-11(21,10(14)15)4-7(17-19)9(12)13/h2-3,10,17,21H,4-5H2,1H3. The van der Waals surface area contributed by atoms with Crippen LogP contribution >= 0.6 is 0 Å². The number of aryl methyl sites for hydroxylation is 1. The van der Waals surface area contributed by atoms with E-state index in [-0.39, 0.29) is 5.01 Å². The van der Waals surface area contributed by atoms with Crippen LogP contribution in [0.5, 0.6) is 0 Å². The lowest BCUT2D eigenvalue weighted by atomic mass is 10.1. The summed E-state index contributed by atoms with van der Waals surface area (Å²) in [6.45, 7) is 1.18. The third-order valence-electron chi connectivity index (χ3n) is 2.97. The van der Waals surface area contributed by atoms with Crippen molar-refractivity contribution in [2.75, 3.05) is 0 Å². The smallest absolute Gasteiger partial charge is 0.291 e. The molecule has 0 aromatic carbocycles. The number of rotatable bonds is 3. The molecule has 1 atom stereocenters. The molecule has 1 amide bonds. The van der Waals surface area contributed by atoms with Crippen molar-refractivity contribution < 1.29 is 27.5 Å². The average Bonchev–Trinajstić information content (AvgIpc) is 2.94. The summed E-state index contributed by atoms with van der Waals surface area (Å²) in [5.41, 5.74) is -1.50. The van der Waals surface area contributed by atoms with Crippen LogP contribution in [-0.4, -0.2) is 38.0 Å². The Bertz CT molecular complexity index is 585. The van der Waals surface area contributed by atoms with E-state index in [4.69, 9.17) is 0 Å². The van der Waals surface area contributed by atoms with E-state index in [1.165, 1.54) is 6.20 Å². The minimum atomic E-state index is -3.41. The summed E-state index contributed by atoms with van der Waals surface area (Å²) in [5.74, 6) is -1.02. The van der Waals surface area contributed by atoms with Gasteiger partial charge in [0.05, 0.1) is 12.1 Å². The van der Waals surface area contributed by atoms with Gasteiger partial charge >= 0.3 is 0 Å². The highest BCUT2D eigenvalue weighted by Crippen LogP contribution is 2.34. The highest BCUT2D eigenvalue weighted by Gasteiger charge is 2.53. The Morgan fingerprint density at radius 3 is 2.71 bits per heavy atom. The molecule has 0 saturated carbocycles. The topological polar surface area (TPSA) is 70.4 Å². The molecule has 1 fully saturated rings. The van der Waals surface area contributed by atoms with Gasteiger partial charge in [-0.25, -0.2) is 13.8 Å². The molecule has 10 heteroatoms. The van der Waals surface area contributed by atoms with Gasteiger partial charge in [0.2, 0.25) is 5.72 Å². The molecular weight excluding hydrogens is 296 g/mol. The Morgan fingerprint density at radius 1 is 1.57 bits per heavy atom. The van der Waals surface area contributed by atoms with Gasteiger partial charge in [-0.05, 0) is 13.0 Å². The number of aromatic nitrogens is 2. The maximum absolute atomic E-state index is 12.9. The van der Waals surface area contributed by atoms with Crippen LogP contribution < -0.4 is 5.43 Å². The maximum Gasteiger partial charge on any atom is 0.291 e. The van der Waals surface area contributed by atoms with Gasteiger partial charge in [0.1, 0.15) is 12.2 Å². The minimum absolute atomic E-state index is 0.128. The number of nitrogens with one attached hydrogen (secondary N) is 1. The molecule has 1 saturated heterocycles. The van der Waals surface area contributed by atoms with Gasteiger partial charge in [0, 0.05) is 6.20 Å². The van der Waals surface area contributed by atoms with Crippen molar-refractivity contribution in [3.05, 3.63) is 29.7 Å². The van der Waals surface area contributed by atoms with Gasteiger partial charge in [-0.1, -0.05) is 0 Å². The van der Waals surface area contributed by atoms with Crippen molar-refractivity contribution in [3.8, 4) is 0 Å². The van der Waals surface area contributed by atoms with E-state index < -0.39 is 42.8 Å². The fourth-order valence-corrected chi connectivity index (χ4v) is 1.93. The van der Waals surface area contributed by atoms with Gasteiger partial charge in [0.15, 0.2) is 0 Å². The molecule has 1 unspecified atom stereocenters. The number of alkyl halides is 2. The molecule has 21 heavy (non-hydrogen) atoms. The van der Waals surface area contributed by atoms with Crippen molar-refractivity contribution in [1.82, 2.24) is 20.2 Å². The van der Waals surface area contributed by atoms with Crippen LogP contribution in [0.15, 0.2) is 24.0 Å². The molecule has 2 rings (SSSR count). The van der Waals surface area contributed by atoms with Crippen molar-refractivity contribution in [3.63, 3.8) is 0 Å². The van der Waals surface area contributed by atoms with Crippen LogP contribution in [0, 0.1) is 6.92 Å². The predicted octanol–water partition coefficient (Wildman–Crippen LogP) is 0.990. The lowest BCUT2D eigenvalue weighted by Crippen LogP contribution is -2.56. The molecule has 6 nitrogen and oxygen atoms in total. The first-order valence-electron chi connectivity index (χ1n) is 5.88. The maximum atomic E-state index is 12.9. The summed E-state index contributed by atoms with van der Waals surface area (Å²) < 4.78 is 52.1. The lowest BCUT2D eigenvalue weighted by Gasteiger charge is -2.31. The molecule has 0 bridgehead atoms. The van der Waals surface area contributed by atoms with Crippen molar-refractivity contribution in [2.45, 2.75) is 32.0 Å². The van der Waals surface area contributed by atoms with Crippen LogP contribution in [0.4, 0.5) is 17.6 Å². The summed E-state index contributed by atoms with van der Waals surface area (Å²) in [4.78, 5) is 12.0. The third-order valence-corrected chi connectivity index (χ3v) is 2.97. The molecule has 1 aliphatic rings. The Labute approximate surface area is 116 Å². The molecule has 0 radical (unpaired) electrons. The Morgan fingerprint density at radius 2 is 2.24 bits per heavy atom. The largest absolute Gasteiger partial charge is 0.364 e. The number of halogens is 4. The lowest BCUT2D eigenvalue weighted by molar-refractivity contribution is -0.196.